The van der Waals surface area contributed by atoms with E-state index in [-0.39, 0.29) is 0 Å². The molecule has 0 saturated heterocycles. The molecule has 3 heteroatoms. The van der Waals surface area contributed by atoms with E-state index < -0.39 is 0 Å². The van der Waals surface area contributed by atoms with Gasteiger partial charge in [0, 0.05) is 6.04 Å². The fourth-order valence-corrected chi connectivity index (χ4v) is 2.56. The first-order valence-corrected chi connectivity index (χ1v) is 7.16. The Bertz CT molecular complexity index is 413. The molecule has 0 radical (unpaired) electrons. The molecule has 1 aromatic carbocycles. The number of nitrogens with two attached hydrogens (primary N) is 1. The van der Waals surface area contributed by atoms with Crippen molar-refractivity contribution in [2.45, 2.75) is 52.1 Å². The number of nitrogens with zero attached hydrogens (tertiary/aromatic N) is 1. The van der Waals surface area contributed by atoms with Gasteiger partial charge in [0.2, 0.25) is 0 Å². The van der Waals surface area contributed by atoms with Gasteiger partial charge < -0.3 is 11.1 Å². The molecule has 3 N–H and O–H groups in total. The second-order valence-corrected chi connectivity index (χ2v) is 6.27. The summed E-state index contributed by atoms with van der Waals surface area (Å²) in [5, 5.41) is 3.35. The monoisotopic (exact) mass is 259 g/mol. The lowest BCUT2D eigenvalue weighted by Crippen LogP contribution is -2.43. The van der Waals surface area contributed by atoms with Crippen molar-refractivity contribution in [3.8, 4) is 0 Å². The quantitative estimate of drug-likeness (QED) is 0.647. The van der Waals surface area contributed by atoms with Crippen LogP contribution in [0.15, 0.2) is 35.3 Å². The van der Waals surface area contributed by atoms with Crippen LogP contribution in [0.25, 0.3) is 0 Å². The topological polar surface area (TPSA) is 50.4 Å². The first-order chi connectivity index (χ1) is 9.05. The highest BCUT2D eigenvalue weighted by atomic mass is 15.1. The minimum absolute atomic E-state index is 0.493. The minimum Gasteiger partial charge on any atom is -0.370 e. The molecule has 1 aliphatic rings. The predicted octanol–water partition coefficient (Wildman–Crippen LogP) is 3.06. The Kier molecular flexibility index (Phi) is 4.46. The van der Waals surface area contributed by atoms with Gasteiger partial charge in [0.05, 0.1) is 6.54 Å². The SMILES string of the molecule is CC1(C)CCC(NC(N)=NCc2ccccc2)CC1. The summed E-state index contributed by atoms with van der Waals surface area (Å²) in [4.78, 5) is 4.41. The van der Waals surface area contributed by atoms with Crippen LogP contribution < -0.4 is 11.1 Å². The van der Waals surface area contributed by atoms with E-state index in [2.05, 4.69) is 36.3 Å². The average molecular weight is 259 g/mol. The van der Waals surface area contributed by atoms with Crippen molar-refractivity contribution >= 4 is 5.96 Å². The van der Waals surface area contributed by atoms with Crippen molar-refractivity contribution in [3.63, 3.8) is 0 Å². The molecule has 0 heterocycles. The maximum atomic E-state index is 5.96. The molecule has 1 fully saturated rings. The summed E-state index contributed by atoms with van der Waals surface area (Å²) in [5.74, 6) is 0.577. The van der Waals surface area contributed by atoms with E-state index in [9.17, 15) is 0 Å². The summed E-state index contributed by atoms with van der Waals surface area (Å²) in [6.07, 6.45) is 4.90. The summed E-state index contributed by atoms with van der Waals surface area (Å²) < 4.78 is 0. The molecule has 1 aliphatic carbocycles. The van der Waals surface area contributed by atoms with E-state index in [0.717, 1.165) is 0 Å². The Morgan fingerprint density at radius 1 is 1.26 bits per heavy atom. The molecule has 0 amide bonds. The van der Waals surface area contributed by atoms with Crippen molar-refractivity contribution in [2.75, 3.05) is 0 Å². The van der Waals surface area contributed by atoms with Gasteiger partial charge in [-0.05, 0) is 36.7 Å². The predicted molar refractivity (Wildman–Crippen MR) is 80.9 cm³/mol. The lowest BCUT2D eigenvalue weighted by atomic mass is 9.76. The molecule has 3 nitrogen and oxygen atoms in total. The van der Waals surface area contributed by atoms with Gasteiger partial charge in [-0.1, -0.05) is 44.2 Å². The lowest BCUT2D eigenvalue weighted by molar-refractivity contribution is 0.217. The number of nitrogens with one attached hydrogen (secondary N) is 1. The van der Waals surface area contributed by atoms with E-state index in [0.29, 0.717) is 24.0 Å². The van der Waals surface area contributed by atoms with Crippen LogP contribution in [0.5, 0.6) is 0 Å². The van der Waals surface area contributed by atoms with Gasteiger partial charge in [-0.15, -0.1) is 0 Å². The average Bonchev–Trinajstić information content (AvgIpc) is 2.40. The summed E-state index contributed by atoms with van der Waals surface area (Å²) >= 11 is 0. The fraction of sp³-hybridized carbons (Fsp3) is 0.562. The highest BCUT2D eigenvalue weighted by Crippen LogP contribution is 2.34. The van der Waals surface area contributed by atoms with Crippen LogP contribution in [0.1, 0.15) is 45.1 Å². The molecule has 2 rings (SSSR count). The first kappa shape index (κ1) is 13.9. The van der Waals surface area contributed by atoms with Crippen LogP contribution in [-0.4, -0.2) is 12.0 Å². The molecule has 1 aromatic rings. The molecule has 0 aromatic heterocycles. The van der Waals surface area contributed by atoms with E-state index >= 15 is 0 Å². The normalized spacial score (nSPS) is 20.2. The zero-order valence-corrected chi connectivity index (χ0v) is 12.0. The van der Waals surface area contributed by atoms with E-state index in [1.54, 1.807) is 0 Å². The first-order valence-electron chi connectivity index (χ1n) is 7.16. The van der Waals surface area contributed by atoms with Gasteiger partial charge in [0.1, 0.15) is 0 Å². The van der Waals surface area contributed by atoms with E-state index in [4.69, 9.17) is 5.73 Å². The smallest absolute Gasteiger partial charge is 0.189 e. The van der Waals surface area contributed by atoms with Crippen LogP contribution in [-0.2, 0) is 6.54 Å². The van der Waals surface area contributed by atoms with Crippen molar-refractivity contribution in [1.29, 1.82) is 0 Å². The van der Waals surface area contributed by atoms with Gasteiger partial charge in [0.15, 0.2) is 5.96 Å². The number of aliphatic imine (C=N–C) groups is 1. The van der Waals surface area contributed by atoms with Crippen LogP contribution in [0.4, 0.5) is 0 Å². The summed E-state index contributed by atoms with van der Waals surface area (Å²) in [7, 11) is 0. The number of guanidine groups is 1. The van der Waals surface area contributed by atoms with Crippen molar-refractivity contribution in [1.82, 2.24) is 5.32 Å². The highest BCUT2D eigenvalue weighted by Gasteiger charge is 2.26. The Morgan fingerprint density at radius 2 is 1.89 bits per heavy atom. The van der Waals surface area contributed by atoms with Crippen LogP contribution in [0.3, 0.4) is 0 Å². The van der Waals surface area contributed by atoms with Gasteiger partial charge in [-0.3, -0.25) is 0 Å². The molecule has 0 aliphatic heterocycles. The van der Waals surface area contributed by atoms with Gasteiger partial charge >= 0.3 is 0 Å². The zero-order chi connectivity index (χ0) is 13.7. The van der Waals surface area contributed by atoms with Crippen molar-refractivity contribution < 1.29 is 0 Å². The van der Waals surface area contributed by atoms with E-state index in [1.807, 2.05) is 18.2 Å². The molecule has 1 saturated carbocycles. The number of hydrogen-bond donors (Lipinski definition) is 2. The van der Waals surface area contributed by atoms with Crippen LogP contribution in [0.2, 0.25) is 0 Å². The lowest BCUT2D eigenvalue weighted by Gasteiger charge is -2.34. The Labute approximate surface area is 116 Å². The molecule has 0 bridgehead atoms. The number of rotatable bonds is 3. The second-order valence-electron chi connectivity index (χ2n) is 6.27. The Hall–Kier alpha value is -1.51. The largest absolute Gasteiger partial charge is 0.370 e. The fourth-order valence-electron chi connectivity index (χ4n) is 2.56. The molecule has 0 spiro atoms. The number of benzene rings is 1. The minimum atomic E-state index is 0.493. The molecule has 0 unspecified atom stereocenters. The third kappa shape index (κ3) is 4.58. The maximum absolute atomic E-state index is 5.96. The highest BCUT2D eigenvalue weighted by molar-refractivity contribution is 5.78. The van der Waals surface area contributed by atoms with E-state index in [1.165, 1.54) is 31.2 Å². The van der Waals surface area contributed by atoms with Gasteiger partial charge in [0.25, 0.3) is 0 Å². The van der Waals surface area contributed by atoms with Crippen molar-refractivity contribution in [3.05, 3.63) is 35.9 Å². The summed E-state index contributed by atoms with van der Waals surface area (Å²) in [6.45, 7) is 5.34. The standard InChI is InChI=1S/C16H25N3/c1-16(2)10-8-14(9-11-16)19-15(17)18-12-13-6-4-3-5-7-13/h3-7,14H,8-12H2,1-2H3,(H3,17,18,19). The summed E-state index contributed by atoms with van der Waals surface area (Å²) in [5.41, 5.74) is 7.64. The second kappa shape index (κ2) is 6.09. The summed E-state index contributed by atoms with van der Waals surface area (Å²) in [6, 6.07) is 10.7. The van der Waals surface area contributed by atoms with Gasteiger partial charge in [-0.2, -0.15) is 0 Å². The molecule has 19 heavy (non-hydrogen) atoms. The molecular formula is C16H25N3. The third-order valence-electron chi connectivity index (χ3n) is 3.97. The van der Waals surface area contributed by atoms with Gasteiger partial charge in [-0.25, -0.2) is 4.99 Å². The maximum Gasteiger partial charge on any atom is 0.189 e. The Morgan fingerprint density at radius 3 is 2.53 bits per heavy atom. The Balaban J connectivity index is 1.80. The number of hydrogen-bond acceptors (Lipinski definition) is 1. The molecule has 104 valence electrons. The third-order valence-corrected chi connectivity index (χ3v) is 3.97. The zero-order valence-electron chi connectivity index (χ0n) is 12.0. The molecule has 0 atom stereocenters. The molecular weight excluding hydrogens is 234 g/mol. The van der Waals surface area contributed by atoms with Crippen molar-refractivity contribution in [2.24, 2.45) is 16.1 Å². The van der Waals surface area contributed by atoms with Crippen LogP contribution >= 0.6 is 0 Å². The van der Waals surface area contributed by atoms with Crippen LogP contribution in [0, 0.1) is 5.41 Å².